The topological polar surface area (TPSA) is 172 Å². The second-order valence-corrected chi connectivity index (χ2v) is 7.64. The quantitative estimate of drug-likeness (QED) is 0.320. The van der Waals surface area contributed by atoms with E-state index in [0.717, 1.165) is 0 Å². The highest BCUT2D eigenvalue weighted by atomic mass is 35.5. The summed E-state index contributed by atoms with van der Waals surface area (Å²) >= 11 is 11.7. The summed E-state index contributed by atoms with van der Waals surface area (Å²) in [7, 11) is -4.83. The SMILES string of the molecule is O=C(COc1ccc(Cl)cc1Cl)N[C@@H]1O[C@H](COS(=O)(=O)O)[C@@H](O)[C@H](O)[C@H]1O. The highest BCUT2D eigenvalue weighted by Crippen LogP contribution is 2.27. The van der Waals surface area contributed by atoms with E-state index in [1.807, 2.05) is 0 Å². The lowest BCUT2D eigenvalue weighted by Gasteiger charge is -2.40. The number of benzene rings is 1. The van der Waals surface area contributed by atoms with E-state index < -0.39 is 60.2 Å². The molecule has 11 nitrogen and oxygen atoms in total. The van der Waals surface area contributed by atoms with Crippen LogP contribution in [-0.4, -0.2) is 78.1 Å². The molecule has 1 aliphatic rings. The summed E-state index contributed by atoms with van der Waals surface area (Å²) in [6, 6.07) is 4.33. The lowest BCUT2D eigenvalue weighted by molar-refractivity contribution is -0.234. The van der Waals surface area contributed by atoms with Crippen molar-refractivity contribution < 1.29 is 46.7 Å². The van der Waals surface area contributed by atoms with Crippen LogP contribution >= 0.6 is 23.2 Å². The summed E-state index contributed by atoms with van der Waals surface area (Å²) in [4.78, 5) is 12.0. The highest BCUT2D eigenvalue weighted by Gasteiger charge is 2.44. The van der Waals surface area contributed by atoms with Crippen molar-refractivity contribution in [3.05, 3.63) is 28.2 Å². The molecule has 2 rings (SSSR count). The average Bonchev–Trinajstić information content (AvgIpc) is 2.59. The van der Waals surface area contributed by atoms with Crippen LogP contribution in [0.1, 0.15) is 0 Å². The zero-order valence-corrected chi connectivity index (χ0v) is 16.3. The monoisotopic (exact) mass is 461 g/mol. The van der Waals surface area contributed by atoms with Crippen LogP contribution in [0.4, 0.5) is 0 Å². The molecule has 1 fully saturated rings. The Balaban J connectivity index is 1.95. The highest BCUT2D eigenvalue weighted by molar-refractivity contribution is 7.80. The van der Waals surface area contributed by atoms with Gasteiger partial charge in [0.2, 0.25) is 0 Å². The van der Waals surface area contributed by atoms with E-state index >= 15 is 0 Å². The zero-order valence-electron chi connectivity index (χ0n) is 13.9. The Morgan fingerprint density at radius 3 is 2.46 bits per heavy atom. The molecule has 0 aromatic heterocycles. The van der Waals surface area contributed by atoms with Crippen molar-refractivity contribution in [2.45, 2.75) is 30.6 Å². The van der Waals surface area contributed by atoms with Gasteiger partial charge in [-0.1, -0.05) is 23.2 Å². The van der Waals surface area contributed by atoms with Crippen LogP contribution in [0.15, 0.2) is 18.2 Å². The third-order valence-electron chi connectivity index (χ3n) is 3.65. The van der Waals surface area contributed by atoms with Gasteiger partial charge in [0.1, 0.15) is 30.2 Å². The first-order valence-electron chi connectivity index (χ1n) is 7.66. The Kier molecular flexibility index (Phi) is 7.84. The Morgan fingerprint density at radius 2 is 1.86 bits per heavy atom. The molecule has 1 heterocycles. The third kappa shape index (κ3) is 6.40. The Bertz CT molecular complexity index is 807. The molecule has 1 aliphatic heterocycles. The summed E-state index contributed by atoms with van der Waals surface area (Å²) < 4.78 is 44.3. The van der Waals surface area contributed by atoms with Crippen LogP contribution in [0.5, 0.6) is 5.75 Å². The smallest absolute Gasteiger partial charge is 0.397 e. The molecule has 14 heteroatoms. The maximum absolute atomic E-state index is 12.0. The predicted molar refractivity (Wildman–Crippen MR) is 94.3 cm³/mol. The normalized spacial score (nSPS) is 28.0. The standard InChI is InChI=1S/C14H17Cl2NO10S/c15-6-1-2-8(7(16)3-6)25-5-10(18)17-14-13(21)12(20)11(19)9(27-14)4-26-28(22,23)24/h1-3,9,11-14,19-21H,4-5H2,(H,17,18)(H,22,23,24)/t9-,11-,12+,13-,14-/m1/s1. The van der Waals surface area contributed by atoms with Crippen LogP contribution in [0.2, 0.25) is 10.0 Å². The van der Waals surface area contributed by atoms with E-state index in [-0.39, 0.29) is 10.8 Å². The van der Waals surface area contributed by atoms with Gasteiger partial charge in [-0.3, -0.25) is 9.35 Å². The molecule has 0 radical (unpaired) electrons. The molecule has 1 amide bonds. The van der Waals surface area contributed by atoms with Gasteiger partial charge in [-0.05, 0) is 18.2 Å². The lowest BCUT2D eigenvalue weighted by atomic mass is 9.98. The first-order valence-corrected chi connectivity index (χ1v) is 9.79. The maximum Gasteiger partial charge on any atom is 0.397 e. The molecule has 5 N–H and O–H groups in total. The minimum atomic E-state index is -4.83. The third-order valence-corrected chi connectivity index (χ3v) is 4.61. The number of rotatable bonds is 7. The Morgan fingerprint density at radius 1 is 1.18 bits per heavy atom. The maximum atomic E-state index is 12.0. The van der Waals surface area contributed by atoms with Gasteiger partial charge < -0.3 is 30.1 Å². The van der Waals surface area contributed by atoms with Crippen molar-refractivity contribution in [1.29, 1.82) is 0 Å². The van der Waals surface area contributed by atoms with Crippen LogP contribution in [-0.2, 0) is 24.1 Å². The molecule has 1 saturated heterocycles. The van der Waals surface area contributed by atoms with Crippen molar-refractivity contribution in [2.75, 3.05) is 13.2 Å². The molecule has 28 heavy (non-hydrogen) atoms. The van der Waals surface area contributed by atoms with Gasteiger partial charge >= 0.3 is 10.4 Å². The lowest BCUT2D eigenvalue weighted by Crippen LogP contribution is -2.63. The van der Waals surface area contributed by atoms with Gasteiger partial charge in [0, 0.05) is 5.02 Å². The number of halogens is 2. The first kappa shape index (κ1) is 23.1. The first-order chi connectivity index (χ1) is 13.0. The van der Waals surface area contributed by atoms with Gasteiger partial charge in [0.05, 0.1) is 11.6 Å². The summed E-state index contributed by atoms with van der Waals surface area (Å²) in [5.41, 5.74) is 0. The second-order valence-electron chi connectivity index (χ2n) is 5.71. The number of ether oxygens (including phenoxy) is 2. The second kappa shape index (κ2) is 9.52. The molecule has 0 spiro atoms. The van der Waals surface area contributed by atoms with E-state index in [9.17, 15) is 28.5 Å². The van der Waals surface area contributed by atoms with Gasteiger partial charge in [-0.2, -0.15) is 8.42 Å². The molecule has 0 bridgehead atoms. The van der Waals surface area contributed by atoms with Gasteiger partial charge in [0.25, 0.3) is 5.91 Å². The number of nitrogens with one attached hydrogen (secondary N) is 1. The van der Waals surface area contributed by atoms with Crippen molar-refractivity contribution in [3.8, 4) is 5.75 Å². The number of carbonyl (C=O) groups is 1. The molecule has 5 atom stereocenters. The number of amides is 1. The zero-order chi connectivity index (χ0) is 21.1. The fraction of sp³-hybridized carbons (Fsp3) is 0.500. The number of hydrogen-bond acceptors (Lipinski definition) is 9. The number of hydrogen-bond donors (Lipinski definition) is 5. The van der Waals surface area contributed by atoms with Gasteiger partial charge in [0.15, 0.2) is 12.8 Å². The van der Waals surface area contributed by atoms with Crippen molar-refractivity contribution in [1.82, 2.24) is 5.32 Å². The van der Waals surface area contributed by atoms with E-state index in [2.05, 4.69) is 9.50 Å². The van der Waals surface area contributed by atoms with E-state index in [1.54, 1.807) is 0 Å². The van der Waals surface area contributed by atoms with E-state index in [4.69, 9.17) is 37.2 Å². The summed E-state index contributed by atoms with van der Waals surface area (Å²) in [5.74, 6) is -0.616. The summed E-state index contributed by atoms with van der Waals surface area (Å²) in [6.07, 6.45) is -8.27. The van der Waals surface area contributed by atoms with Crippen LogP contribution < -0.4 is 10.1 Å². The number of carbonyl (C=O) groups excluding carboxylic acids is 1. The molecule has 1 aromatic carbocycles. The van der Waals surface area contributed by atoms with Crippen molar-refractivity contribution in [3.63, 3.8) is 0 Å². The van der Waals surface area contributed by atoms with Crippen molar-refractivity contribution in [2.24, 2.45) is 0 Å². The summed E-state index contributed by atoms with van der Waals surface area (Å²) in [5, 5.41) is 32.3. The average molecular weight is 462 g/mol. The molecule has 0 aliphatic carbocycles. The molecule has 158 valence electrons. The predicted octanol–water partition coefficient (Wildman–Crippen LogP) is -0.885. The van der Waals surface area contributed by atoms with Gasteiger partial charge in [-0.25, -0.2) is 4.18 Å². The molecule has 0 unspecified atom stereocenters. The minimum absolute atomic E-state index is 0.162. The molecule has 0 saturated carbocycles. The fourth-order valence-electron chi connectivity index (χ4n) is 2.30. The van der Waals surface area contributed by atoms with Crippen LogP contribution in [0.25, 0.3) is 0 Å². The van der Waals surface area contributed by atoms with Crippen molar-refractivity contribution >= 4 is 39.5 Å². The largest absolute Gasteiger partial charge is 0.482 e. The number of aliphatic hydroxyl groups excluding tert-OH is 3. The minimum Gasteiger partial charge on any atom is -0.482 e. The number of aliphatic hydroxyl groups is 3. The summed E-state index contributed by atoms with van der Waals surface area (Å²) in [6.45, 7) is -1.41. The Labute approximate surface area is 169 Å². The molecular formula is C14H17Cl2NO10S. The molecule has 1 aromatic rings. The van der Waals surface area contributed by atoms with E-state index in [0.29, 0.717) is 5.02 Å². The van der Waals surface area contributed by atoms with E-state index in [1.165, 1.54) is 18.2 Å². The molecular weight excluding hydrogens is 445 g/mol. The van der Waals surface area contributed by atoms with Gasteiger partial charge in [-0.15, -0.1) is 0 Å². The van der Waals surface area contributed by atoms with Crippen LogP contribution in [0, 0.1) is 0 Å². The van der Waals surface area contributed by atoms with Crippen LogP contribution in [0.3, 0.4) is 0 Å². The fourth-order valence-corrected chi connectivity index (χ4v) is 3.07. The Hall–Kier alpha value is -1.22.